The zero-order valence-electron chi connectivity index (χ0n) is 17.1. The first-order valence-corrected chi connectivity index (χ1v) is 10.0. The van der Waals surface area contributed by atoms with Crippen molar-refractivity contribution < 1.29 is 14.3 Å². The molecule has 1 fully saturated rings. The molecule has 0 spiro atoms. The normalized spacial score (nSPS) is 13.2. The Balaban J connectivity index is 1.48. The molecule has 3 aromatic rings. The third-order valence-electron chi connectivity index (χ3n) is 4.57. The summed E-state index contributed by atoms with van der Waals surface area (Å²) < 4.78 is 5.38. The molecule has 1 aromatic heterocycles. The summed E-state index contributed by atoms with van der Waals surface area (Å²) in [5.41, 5.74) is 11.5. The van der Waals surface area contributed by atoms with Gasteiger partial charge in [0.25, 0.3) is 11.8 Å². The Morgan fingerprint density at radius 2 is 1.19 bits per heavy atom. The van der Waals surface area contributed by atoms with Gasteiger partial charge in [0.05, 0.1) is 13.2 Å². The van der Waals surface area contributed by atoms with Crippen molar-refractivity contribution in [3.05, 3.63) is 71.8 Å². The van der Waals surface area contributed by atoms with Crippen LogP contribution < -0.4 is 26.6 Å². The number of morpholine rings is 1. The van der Waals surface area contributed by atoms with Crippen LogP contribution in [0.15, 0.2) is 60.7 Å². The maximum absolute atomic E-state index is 12.3. The van der Waals surface area contributed by atoms with Crippen LogP contribution in [0, 0.1) is 0 Å². The quantitative estimate of drug-likeness (QED) is 0.405. The average Bonchev–Trinajstić information content (AvgIpc) is 2.87. The second-order valence-corrected chi connectivity index (χ2v) is 6.77. The number of hydrazine groups is 2. The van der Waals surface area contributed by atoms with E-state index >= 15 is 0 Å². The first-order valence-electron chi connectivity index (χ1n) is 10.0. The van der Waals surface area contributed by atoms with Gasteiger partial charge in [0.2, 0.25) is 17.8 Å². The number of ether oxygens (including phenoxy) is 1. The standard InChI is InChI=1S/C21H22N8O3/c30-17(15-7-3-1-4-8-15)25-27-19-22-20(24-21(23-19)29-11-13-32-14-12-29)28-26-18(31)16-9-5-2-6-10-16/h1-10H,11-14H2,(H,25,30)(H,26,31)(H2,22,23,24,27,28). The number of nitrogens with one attached hydrogen (secondary N) is 4. The van der Waals surface area contributed by atoms with E-state index in [1.54, 1.807) is 48.5 Å². The largest absolute Gasteiger partial charge is 0.378 e. The van der Waals surface area contributed by atoms with Crippen molar-refractivity contribution >= 4 is 29.7 Å². The molecule has 2 amide bonds. The van der Waals surface area contributed by atoms with Crippen molar-refractivity contribution in [2.24, 2.45) is 0 Å². The fraction of sp³-hybridized carbons (Fsp3) is 0.190. The molecule has 2 aromatic carbocycles. The van der Waals surface area contributed by atoms with Crippen LogP contribution in [0.3, 0.4) is 0 Å². The number of carbonyl (C=O) groups excluding carboxylic acids is 2. The monoisotopic (exact) mass is 434 g/mol. The number of rotatable bonds is 7. The van der Waals surface area contributed by atoms with E-state index in [-0.39, 0.29) is 23.7 Å². The van der Waals surface area contributed by atoms with Crippen LogP contribution in [-0.4, -0.2) is 53.1 Å². The molecule has 0 unspecified atom stereocenters. The van der Waals surface area contributed by atoms with Crippen molar-refractivity contribution in [3.63, 3.8) is 0 Å². The average molecular weight is 434 g/mol. The van der Waals surface area contributed by atoms with Crippen LogP contribution in [0.2, 0.25) is 0 Å². The van der Waals surface area contributed by atoms with Crippen molar-refractivity contribution in [3.8, 4) is 0 Å². The zero-order chi connectivity index (χ0) is 22.2. The first-order chi connectivity index (χ1) is 15.7. The fourth-order valence-electron chi connectivity index (χ4n) is 2.93. The van der Waals surface area contributed by atoms with E-state index in [0.29, 0.717) is 43.4 Å². The van der Waals surface area contributed by atoms with Crippen LogP contribution >= 0.6 is 0 Å². The van der Waals surface area contributed by atoms with Gasteiger partial charge in [0, 0.05) is 24.2 Å². The van der Waals surface area contributed by atoms with E-state index in [4.69, 9.17) is 4.74 Å². The number of carbonyl (C=O) groups is 2. The molecule has 11 nitrogen and oxygen atoms in total. The topological polar surface area (TPSA) is 133 Å². The summed E-state index contributed by atoms with van der Waals surface area (Å²) in [6.07, 6.45) is 0. The van der Waals surface area contributed by atoms with Crippen molar-refractivity contribution in [2.45, 2.75) is 0 Å². The highest BCUT2D eigenvalue weighted by Gasteiger charge is 2.17. The molecule has 0 saturated carbocycles. The second kappa shape index (κ2) is 10.2. The van der Waals surface area contributed by atoms with E-state index in [2.05, 4.69) is 36.7 Å². The van der Waals surface area contributed by atoms with Crippen molar-refractivity contribution in [1.82, 2.24) is 25.8 Å². The first kappa shape index (κ1) is 21.0. The summed E-state index contributed by atoms with van der Waals surface area (Å²) in [4.78, 5) is 39.5. The van der Waals surface area contributed by atoms with Crippen LogP contribution in [-0.2, 0) is 4.74 Å². The zero-order valence-corrected chi connectivity index (χ0v) is 17.1. The highest BCUT2D eigenvalue weighted by molar-refractivity contribution is 5.95. The van der Waals surface area contributed by atoms with Gasteiger partial charge in [-0.1, -0.05) is 36.4 Å². The fourth-order valence-corrected chi connectivity index (χ4v) is 2.93. The highest BCUT2D eigenvalue weighted by Crippen LogP contribution is 2.14. The molecule has 1 aliphatic heterocycles. The van der Waals surface area contributed by atoms with Crippen LogP contribution in [0.25, 0.3) is 0 Å². The van der Waals surface area contributed by atoms with Gasteiger partial charge in [0.15, 0.2) is 0 Å². The summed E-state index contributed by atoms with van der Waals surface area (Å²) in [5.74, 6) is -0.0719. The lowest BCUT2D eigenvalue weighted by atomic mass is 10.2. The second-order valence-electron chi connectivity index (χ2n) is 6.77. The number of nitrogens with zero attached hydrogens (tertiary/aromatic N) is 4. The number of hydrogen-bond donors (Lipinski definition) is 4. The molecule has 0 bridgehead atoms. The molecule has 1 saturated heterocycles. The Labute approximate surface area is 184 Å². The summed E-state index contributed by atoms with van der Waals surface area (Å²) in [6, 6.07) is 17.5. The minimum atomic E-state index is -0.342. The molecule has 164 valence electrons. The lowest BCUT2D eigenvalue weighted by Gasteiger charge is -2.27. The van der Waals surface area contributed by atoms with Gasteiger partial charge in [0.1, 0.15) is 0 Å². The van der Waals surface area contributed by atoms with Gasteiger partial charge in [-0.2, -0.15) is 15.0 Å². The summed E-state index contributed by atoms with van der Waals surface area (Å²) >= 11 is 0. The van der Waals surface area contributed by atoms with E-state index < -0.39 is 0 Å². The summed E-state index contributed by atoms with van der Waals surface area (Å²) in [7, 11) is 0. The molecular formula is C21H22N8O3. The SMILES string of the molecule is O=C(NNc1nc(NNC(=O)c2ccccc2)nc(N2CCOCC2)n1)c1ccccc1. The van der Waals surface area contributed by atoms with E-state index in [1.807, 2.05) is 17.0 Å². The molecule has 4 rings (SSSR count). The lowest BCUT2D eigenvalue weighted by molar-refractivity contribution is 0.0954. The van der Waals surface area contributed by atoms with E-state index in [9.17, 15) is 9.59 Å². The van der Waals surface area contributed by atoms with Crippen molar-refractivity contribution in [2.75, 3.05) is 42.1 Å². The van der Waals surface area contributed by atoms with Crippen molar-refractivity contribution in [1.29, 1.82) is 0 Å². The van der Waals surface area contributed by atoms with Gasteiger partial charge in [-0.3, -0.25) is 31.3 Å². The number of amides is 2. The Morgan fingerprint density at radius 3 is 1.66 bits per heavy atom. The predicted molar refractivity (Wildman–Crippen MR) is 118 cm³/mol. The van der Waals surface area contributed by atoms with Gasteiger partial charge in [-0.15, -0.1) is 0 Å². The number of hydrogen-bond acceptors (Lipinski definition) is 9. The van der Waals surface area contributed by atoms with Crippen LogP contribution in [0.1, 0.15) is 20.7 Å². The van der Waals surface area contributed by atoms with Gasteiger partial charge < -0.3 is 9.64 Å². The maximum atomic E-state index is 12.3. The van der Waals surface area contributed by atoms with Crippen LogP contribution in [0.5, 0.6) is 0 Å². The molecule has 0 aliphatic carbocycles. The Kier molecular flexibility index (Phi) is 6.68. The van der Waals surface area contributed by atoms with E-state index in [0.717, 1.165) is 0 Å². The number of benzene rings is 2. The lowest BCUT2D eigenvalue weighted by Crippen LogP contribution is -2.38. The van der Waals surface area contributed by atoms with Gasteiger partial charge >= 0.3 is 0 Å². The maximum Gasteiger partial charge on any atom is 0.269 e. The number of aromatic nitrogens is 3. The molecule has 0 atom stereocenters. The molecule has 4 N–H and O–H groups in total. The molecule has 32 heavy (non-hydrogen) atoms. The molecule has 1 aliphatic rings. The smallest absolute Gasteiger partial charge is 0.269 e. The summed E-state index contributed by atoms with van der Waals surface area (Å²) in [6.45, 7) is 2.31. The highest BCUT2D eigenvalue weighted by atomic mass is 16.5. The molecule has 2 heterocycles. The van der Waals surface area contributed by atoms with E-state index in [1.165, 1.54) is 0 Å². The minimum absolute atomic E-state index is 0.113. The Hall–Kier alpha value is -4.25. The third kappa shape index (κ3) is 5.46. The molecular weight excluding hydrogens is 412 g/mol. The Morgan fingerprint density at radius 1 is 0.719 bits per heavy atom. The van der Waals surface area contributed by atoms with Gasteiger partial charge in [-0.05, 0) is 24.3 Å². The Bertz CT molecular complexity index is 985. The van der Waals surface area contributed by atoms with Crippen LogP contribution in [0.4, 0.5) is 17.8 Å². The molecule has 11 heteroatoms. The summed E-state index contributed by atoms with van der Waals surface area (Å²) in [5, 5.41) is 0. The predicted octanol–water partition coefficient (Wildman–Crippen LogP) is 1.22. The molecule has 0 radical (unpaired) electrons. The minimum Gasteiger partial charge on any atom is -0.378 e. The number of anilines is 3. The third-order valence-corrected chi connectivity index (χ3v) is 4.57. The van der Waals surface area contributed by atoms with Gasteiger partial charge in [-0.25, -0.2) is 0 Å².